The van der Waals surface area contributed by atoms with Gasteiger partial charge in [0.15, 0.2) is 0 Å². The Morgan fingerprint density at radius 2 is 1.94 bits per heavy atom. The molecule has 0 aliphatic rings. The molecule has 1 aromatic heterocycles. The van der Waals surface area contributed by atoms with Gasteiger partial charge in [0.05, 0.1) is 15.0 Å². The minimum atomic E-state index is 0.00722. The van der Waals surface area contributed by atoms with Crippen LogP contribution in [0.5, 0.6) is 0 Å². The molecule has 0 spiro atoms. The van der Waals surface area contributed by atoms with Crippen LogP contribution < -0.4 is 0 Å². The van der Waals surface area contributed by atoms with Crippen LogP contribution in [0.15, 0.2) is 0 Å². The second kappa shape index (κ2) is 6.57. The highest BCUT2D eigenvalue weighted by atomic mass is 127. The first-order valence-electron chi connectivity index (χ1n) is 5.66. The van der Waals surface area contributed by atoms with Gasteiger partial charge in [-0.15, -0.1) is 0 Å². The molecule has 0 aliphatic heterocycles. The van der Waals surface area contributed by atoms with E-state index in [1.165, 1.54) is 6.42 Å². The number of hydrogen-bond donors (Lipinski definition) is 0. The summed E-state index contributed by atoms with van der Waals surface area (Å²) in [5, 5.41) is 0.581. The van der Waals surface area contributed by atoms with E-state index >= 15 is 0 Å². The topological polar surface area (TPSA) is 25.8 Å². The standard InChI is InChI=1S/C12H18ClIN2S/c1-5-6-17-7-8-15-10(12(2,3)4)9(14)11(13)16-8/h5-7H2,1-4H3. The van der Waals surface area contributed by atoms with Gasteiger partial charge in [-0.1, -0.05) is 39.3 Å². The number of nitrogens with zero attached hydrogens (tertiary/aromatic N) is 2. The Hall–Kier alpha value is 0.450. The molecule has 0 atom stereocenters. The summed E-state index contributed by atoms with van der Waals surface area (Å²) in [7, 11) is 0. The Balaban J connectivity index is 2.98. The summed E-state index contributed by atoms with van der Waals surface area (Å²) in [6.07, 6.45) is 1.18. The first-order chi connectivity index (χ1) is 7.86. The van der Waals surface area contributed by atoms with Crippen molar-refractivity contribution in [3.05, 3.63) is 20.2 Å². The molecule has 0 saturated carbocycles. The number of thioether (sulfide) groups is 1. The Kier molecular flexibility index (Phi) is 5.99. The van der Waals surface area contributed by atoms with Crippen LogP contribution >= 0.6 is 46.0 Å². The van der Waals surface area contributed by atoms with E-state index in [2.05, 4.69) is 60.3 Å². The van der Waals surface area contributed by atoms with E-state index < -0.39 is 0 Å². The normalized spacial score (nSPS) is 11.9. The molecule has 0 N–H and O–H groups in total. The lowest BCUT2D eigenvalue weighted by molar-refractivity contribution is 0.559. The van der Waals surface area contributed by atoms with Crippen LogP contribution in [0.1, 0.15) is 45.6 Å². The monoisotopic (exact) mass is 384 g/mol. The second-order valence-electron chi connectivity index (χ2n) is 4.90. The molecule has 0 radical (unpaired) electrons. The van der Waals surface area contributed by atoms with E-state index in [0.29, 0.717) is 5.15 Å². The van der Waals surface area contributed by atoms with Gasteiger partial charge in [0.1, 0.15) is 11.0 Å². The molecule has 96 valence electrons. The molecular weight excluding hydrogens is 367 g/mol. The molecule has 1 heterocycles. The summed E-state index contributed by atoms with van der Waals surface area (Å²) in [6, 6.07) is 0. The van der Waals surface area contributed by atoms with E-state index in [0.717, 1.165) is 26.6 Å². The highest BCUT2D eigenvalue weighted by molar-refractivity contribution is 14.1. The van der Waals surface area contributed by atoms with E-state index in [1.54, 1.807) is 0 Å². The highest BCUT2D eigenvalue weighted by Crippen LogP contribution is 2.29. The van der Waals surface area contributed by atoms with Crippen molar-refractivity contribution in [1.82, 2.24) is 9.97 Å². The Morgan fingerprint density at radius 1 is 1.29 bits per heavy atom. The van der Waals surface area contributed by atoms with Gasteiger partial charge in [0, 0.05) is 5.41 Å². The Labute approximate surface area is 126 Å². The maximum atomic E-state index is 6.17. The van der Waals surface area contributed by atoms with Crippen LogP contribution in [0.25, 0.3) is 0 Å². The van der Waals surface area contributed by atoms with Crippen molar-refractivity contribution in [3.63, 3.8) is 0 Å². The summed E-state index contributed by atoms with van der Waals surface area (Å²) in [5.41, 5.74) is 1.05. The second-order valence-corrected chi connectivity index (χ2v) is 7.44. The van der Waals surface area contributed by atoms with Gasteiger partial charge in [-0.3, -0.25) is 0 Å². The molecule has 1 rings (SSSR count). The first-order valence-corrected chi connectivity index (χ1v) is 8.27. The molecule has 0 fully saturated rings. The van der Waals surface area contributed by atoms with Crippen molar-refractivity contribution in [2.45, 2.75) is 45.3 Å². The smallest absolute Gasteiger partial charge is 0.146 e. The van der Waals surface area contributed by atoms with Crippen LogP contribution in [0.4, 0.5) is 0 Å². The molecule has 17 heavy (non-hydrogen) atoms. The third-order valence-electron chi connectivity index (χ3n) is 2.15. The molecular formula is C12H18ClIN2S. The van der Waals surface area contributed by atoms with E-state index in [9.17, 15) is 0 Å². The average molecular weight is 385 g/mol. The minimum absolute atomic E-state index is 0.00722. The average Bonchev–Trinajstić information content (AvgIpc) is 2.21. The van der Waals surface area contributed by atoms with E-state index in [4.69, 9.17) is 11.6 Å². The summed E-state index contributed by atoms with van der Waals surface area (Å²) < 4.78 is 0.973. The van der Waals surface area contributed by atoms with Gasteiger partial charge >= 0.3 is 0 Å². The highest BCUT2D eigenvalue weighted by Gasteiger charge is 2.22. The van der Waals surface area contributed by atoms with Crippen molar-refractivity contribution >= 4 is 46.0 Å². The zero-order valence-corrected chi connectivity index (χ0v) is 14.4. The number of aromatic nitrogens is 2. The van der Waals surface area contributed by atoms with Crippen LogP contribution in [0.2, 0.25) is 5.15 Å². The molecule has 0 bridgehead atoms. The van der Waals surface area contributed by atoms with Crippen LogP contribution in [-0.2, 0) is 11.2 Å². The van der Waals surface area contributed by atoms with Gasteiger partial charge < -0.3 is 0 Å². The van der Waals surface area contributed by atoms with Gasteiger partial charge in [0.25, 0.3) is 0 Å². The predicted octanol–water partition coefficient (Wildman–Crippen LogP) is 4.68. The van der Waals surface area contributed by atoms with Crippen LogP contribution in [-0.4, -0.2) is 15.7 Å². The van der Waals surface area contributed by atoms with Crippen molar-refractivity contribution in [1.29, 1.82) is 0 Å². The van der Waals surface area contributed by atoms with Crippen molar-refractivity contribution in [2.75, 3.05) is 5.75 Å². The molecule has 5 heteroatoms. The Bertz CT molecular complexity index is 391. The molecule has 2 nitrogen and oxygen atoms in total. The quantitative estimate of drug-likeness (QED) is 0.428. The zero-order valence-electron chi connectivity index (χ0n) is 10.7. The molecule has 0 amide bonds. The molecule has 0 aromatic carbocycles. The number of halogens is 2. The van der Waals surface area contributed by atoms with E-state index in [1.807, 2.05) is 11.8 Å². The molecule has 0 saturated heterocycles. The van der Waals surface area contributed by atoms with Crippen molar-refractivity contribution in [2.24, 2.45) is 0 Å². The van der Waals surface area contributed by atoms with Crippen molar-refractivity contribution in [3.8, 4) is 0 Å². The SMILES string of the molecule is CCCSCc1nc(Cl)c(I)c(C(C)(C)C)n1. The van der Waals surface area contributed by atoms with Gasteiger partial charge in [0.2, 0.25) is 0 Å². The zero-order chi connectivity index (χ0) is 13.1. The van der Waals surface area contributed by atoms with E-state index in [-0.39, 0.29) is 5.41 Å². The summed E-state index contributed by atoms with van der Waals surface area (Å²) in [6.45, 7) is 8.62. The van der Waals surface area contributed by atoms with Crippen LogP contribution in [0.3, 0.4) is 0 Å². The first kappa shape index (κ1) is 15.5. The van der Waals surface area contributed by atoms with Gasteiger partial charge in [-0.2, -0.15) is 11.8 Å². The molecule has 0 unspecified atom stereocenters. The number of hydrogen-bond acceptors (Lipinski definition) is 3. The third-order valence-corrected chi connectivity index (χ3v) is 4.92. The molecule has 0 aliphatic carbocycles. The summed E-state index contributed by atoms with van der Waals surface area (Å²) in [4.78, 5) is 9.00. The fraction of sp³-hybridized carbons (Fsp3) is 0.667. The van der Waals surface area contributed by atoms with Crippen molar-refractivity contribution < 1.29 is 0 Å². The predicted molar refractivity (Wildman–Crippen MR) is 84.9 cm³/mol. The fourth-order valence-corrected chi connectivity index (χ4v) is 3.31. The Morgan fingerprint density at radius 3 is 2.47 bits per heavy atom. The largest absolute Gasteiger partial charge is 0.235 e. The van der Waals surface area contributed by atoms with Crippen LogP contribution in [0, 0.1) is 3.57 Å². The van der Waals surface area contributed by atoms with Gasteiger partial charge in [-0.05, 0) is 34.8 Å². The maximum Gasteiger partial charge on any atom is 0.146 e. The minimum Gasteiger partial charge on any atom is -0.235 e. The number of rotatable bonds is 4. The van der Waals surface area contributed by atoms with Gasteiger partial charge in [-0.25, -0.2) is 9.97 Å². The molecule has 1 aromatic rings. The fourth-order valence-electron chi connectivity index (χ4n) is 1.33. The lowest BCUT2D eigenvalue weighted by Crippen LogP contribution is -2.18. The summed E-state index contributed by atoms with van der Waals surface area (Å²) >= 11 is 10.3. The lowest BCUT2D eigenvalue weighted by atomic mass is 9.92. The summed E-state index contributed by atoms with van der Waals surface area (Å²) in [5.74, 6) is 2.82. The maximum absolute atomic E-state index is 6.17. The lowest BCUT2D eigenvalue weighted by Gasteiger charge is -2.20. The third kappa shape index (κ3) is 4.56.